The summed E-state index contributed by atoms with van der Waals surface area (Å²) < 4.78 is 4.81. The average Bonchev–Trinajstić information content (AvgIpc) is 2.17. The van der Waals surface area contributed by atoms with Crippen molar-refractivity contribution in [1.82, 2.24) is 4.90 Å². The number of ether oxygens (including phenoxy) is 1. The number of likely N-dealkylation sites (N-methyl/N-ethyl adjacent to an activating group) is 1. The summed E-state index contributed by atoms with van der Waals surface area (Å²) >= 11 is 0. The van der Waals surface area contributed by atoms with E-state index in [9.17, 15) is 4.79 Å². The molecule has 13 heavy (non-hydrogen) atoms. The second-order valence-corrected chi connectivity index (χ2v) is 3.29. The van der Waals surface area contributed by atoms with Crippen molar-refractivity contribution in [2.24, 2.45) is 0 Å². The van der Waals surface area contributed by atoms with Crippen molar-refractivity contribution in [3.8, 4) is 0 Å². The summed E-state index contributed by atoms with van der Waals surface area (Å²) in [6.45, 7) is 9.80. The lowest BCUT2D eigenvalue weighted by Crippen LogP contribution is -2.52. The van der Waals surface area contributed by atoms with Gasteiger partial charge in [0.15, 0.2) is 0 Å². The van der Waals surface area contributed by atoms with Crippen LogP contribution in [-0.2, 0) is 9.53 Å². The largest absolute Gasteiger partial charge is 0.468 e. The zero-order valence-corrected chi connectivity index (χ0v) is 9.39. The minimum atomic E-state index is -0.460. The van der Waals surface area contributed by atoms with Gasteiger partial charge < -0.3 is 4.74 Å². The second-order valence-electron chi connectivity index (χ2n) is 3.29. The van der Waals surface area contributed by atoms with Crippen LogP contribution in [0, 0.1) is 0 Å². The summed E-state index contributed by atoms with van der Waals surface area (Å²) in [7, 11) is 1.44. The van der Waals surface area contributed by atoms with Gasteiger partial charge in [-0.2, -0.15) is 0 Å². The Morgan fingerprint density at radius 2 is 1.77 bits per heavy atom. The summed E-state index contributed by atoms with van der Waals surface area (Å²) in [5, 5.41) is 0. The molecule has 0 spiro atoms. The molecule has 0 radical (unpaired) electrons. The average molecular weight is 187 g/mol. The number of carbonyl (C=O) groups excluding carboxylic acids is 1. The second kappa shape index (κ2) is 5.22. The van der Waals surface area contributed by atoms with Crippen molar-refractivity contribution in [3.05, 3.63) is 0 Å². The first-order chi connectivity index (χ1) is 6.06. The van der Waals surface area contributed by atoms with Gasteiger partial charge in [0.05, 0.1) is 7.11 Å². The highest BCUT2D eigenvalue weighted by atomic mass is 16.5. The highest BCUT2D eigenvalue weighted by Gasteiger charge is 2.37. The number of rotatable bonds is 5. The summed E-state index contributed by atoms with van der Waals surface area (Å²) in [5.41, 5.74) is -0.460. The van der Waals surface area contributed by atoms with Gasteiger partial charge in [-0.15, -0.1) is 0 Å². The maximum absolute atomic E-state index is 11.6. The molecular weight excluding hydrogens is 166 g/mol. The molecule has 0 fully saturated rings. The Kier molecular flexibility index (Phi) is 4.99. The van der Waals surface area contributed by atoms with Gasteiger partial charge in [-0.1, -0.05) is 20.8 Å². The molecule has 0 unspecified atom stereocenters. The van der Waals surface area contributed by atoms with Crippen LogP contribution in [0.15, 0.2) is 0 Å². The lowest BCUT2D eigenvalue weighted by molar-refractivity contribution is -0.154. The predicted octanol–water partition coefficient (Wildman–Crippen LogP) is 1.67. The van der Waals surface area contributed by atoms with Gasteiger partial charge in [-0.05, 0) is 26.4 Å². The van der Waals surface area contributed by atoms with E-state index in [0.717, 1.165) is 19.5 Å². The van der Waals surface area contributed by atoms with Crippen molar-refractivity contribution in [3.63, 3.8) is 0 Å². The summed E-state index contributed by atoms with van der Waals surface area (Å²) in [6, 6.07) is 0. The molecule has 0 saturated heterocycles. The number of esters is 1. The first-order valence-electron chi connectivity index (χ1n) is 4.90. The standard InChI is InChI=1S/C10H21NO2/c1-6-10(4,9(12)13-5)11(7-2)8-3/h6-8H2,1-5H3/t10-/m0/s1. The number of hydrogen-bond donors (Lipinski definition) is 0. The number of hydrogen-bond acceptors (Lipinski definition) is 3. The van der Waals surface area contributed by atoms with E-state index in [0.29, 0.717) is 0 Å². The van der Waals surface area contributed by atoms with Gasteiger partial charge in [0.25, 0.3) is 0 Å². The smallest absolute Gasteiger partial charge is 0.325 e. The summed E-state index contributed by atoms with van der Waals surface area (Å²) in [5.74, 6) is -0.140. The molecule has 3 heteroatoms. The van der Waals surface area contributed by atoms with E-state index >= 15 is 0 Å². The van der Waals surface area contributed by atoms with Crippen molar-refractivity contribution in [1.29, 1.82) is 0 Å². The molecular formula is C10H21NO2. The molecule has 0 aliphatic carbocycles. The van der Waals surface area contributed by atoms with Crippen LogP contribution in [0.1, 0.15) is 34.1 Å². The first kappa shape index (κ1) is 12.4. The quantitative estimate of drug-likeness (QED) is 0.613. The topological polar surface area (TPSA) is 29.5 Å². The van der Waals surface area contributed by atoms with Crippen LogP contribution >= 0.6 is 0 Å². The molecule has 0 bridgehead atoms. The summed E-state index contributed by atoms with van der Waals surface area (Å²) in [6.07, 6.45) is 0.779. The van der Waals surface area contributed by atoms with Crippen molar-refractivity contribution >= 4 is 5.97 Å². The number of methoxy groups -OCH3 is 1. The lowest BCUT2D eigenvalue weighted by Gasteiger charge is -2.36. The van der Waals surface area contributed by atoms with Gasteiger partial charge in [-0.25, -0.2) is 0 Å². The van der Waals surface area contributed by atoms with E-state index in [1.165, 1.54) is 7.11 Å². The van der Waals surface area contributed by atoms with Crippen molar-refractivity contribution in [2.75, 3.05) is 20.2 Å². The van der Waals surface area contributed by atoms with Gasteiger partial charge in [-0.3, -0.25) is 9.69 Å². The molecule has 0 aromatic heterocycles. The molecule has 0 saturated carbocycles. The van der Waals surface area contributed by atoms with Gasteiger partial charge in [0, 0.05) is 0 Å². The monoisotopic (exact) mass is 187 g/mol. The van der Waals surface area contributed by atoms with Crippen LogP contribution in [-0.4, -0.2) is 36.6 Å². The SMILES string of the molecule is CCN(CC)[C@@](C)(CC)C(=O)OC. The van der Waals surface area contributed by atoms with Crippen LogP contribution in [0.5, 0.6) is 0 Å². The van der Waals surface area contributed by atoms with E-state index in [1.54, 1.807) is 0 Å². The van der Waals surface area contributed by atoms with Gasteiger partial charge >= 0.3 is 5.97 Å². The first-order valence-corrected chi connectivity index (χ1v) is 4.90. The zero-order chi connectivity index (χ0) is 10.5. The molecule has 0 aromatic carbocycles. The molecule has 0 aromatic rings. The van der Waals surface area contributed by atoms with Crippen LogP contribution in [0.4, 0.5) is 0 Å². The highest BCUT2D eigenvalue weighted by molar-refractivity contribution is 5.80. The van der Waals surface area contributed by atoms with Crippen LogP contribution in [0.2, 0.25) is 0 Å². The van der Waals surface area contributed by atoms with E-state index in [4.69, 9.17) is 4.74 Å². The molecule has 0 amide bonds. The fourth-order valence-electron chi connectivity index (χ4n) is 1.64. The third-order valence-corrected chi connectivity index (χ3v) is 2.77. The molecule has 0 aliphatic rings. The van der Waals surface area contributed by atoms with Crippen molar-refractivity contribution < 1.29 is 9.53 Å². The molecule has 78 valence electrons. The lowest BCUT2D eigenvalue weighted by atomic mass is 9.96. The normalized spacial score (nSPS) is 15.5. The molecule has 1 atom stereocenters. The maximum atomic E-state index is 11.6. The number of nitrogens with zero attached hydrogens (tertiary/aromatic N) is 1. The van der Waals surface area contributed by atoms with Gasteiger partial charge in [0.1, 0.15) is 5.54 Å². The van der Waals surface area contributed by atoms with Crippen LogP contribution < -0.4 is 0 Å². The third kappa shape index (κ3) is 2.44. The Labute approximate surface area is 81.1 Å². The van der Waals surface area contributed by atoms with Gasteiger partial charge in [0.2, 0.25) is 0 Å². The maximum Gasteiger partial charge on any atom is 0.325 e. The molecule has 0 heterocycles. The zero-order valence-electron chi connectivity index (χ0n) is 9.39. The van der Waals surface area contributed by atoms with Crippen LogP contribution in [0.3, 0.4) is 0 Å². The Morgan fingerprint density at radius 3 is 2.00 bits per heavy atom. The molecule has 0 N–H and O–H groups in total. The Hall–Kier alpha value is -0.570. The summed E-state index contributed by atoms with van der Waals surface area (Å²) in [4.78, 5) is 13.7. The van der Waals surface area contributed by atoms with E-state index in [1.807, 2.05) is 13.8 Å². The number of carbonyl (C=O) groups is 1. The minimum absolute atomic E-state index is 0.140. The molecule has 0 rings (SSSR count). The van der Waals surface area contributed by atoms with Crippen molar-refractivity contribution in [2.45, 2.75) is 39.7 Å². The molecule has 3 nitrogen and oxygen atoms in total. The minimum Gasteiger partial charge on any atom is -0.468 e. The van der Waals surface area contributed by atoms with Crippen LogP contribution in [0.25, 0.3) is 0 Å². The van der Waals surface area contributed by atoms with E-state index in [2.05, 4.69) is 18.7 Å². The fourth-order valence-corrected chi connectivity index (χ4v) is 1.64. The Bertz CT molecular complexity index is 166. The highest BCUT2D eigenvalue weighted by Crippen LogP contribution is 2.20. The predicted molar refractivity (Wildman–Crippen MR) is 53.6 cm³/mol. The Morgan fingerprint density at radius 1 is 1.31 bits per heavy atom. The fraction of sp³-hybridized carbons (Fsp3) is 0.900. The Balaban J connectivity index is 4.68. The third-order valence-electron chi connectivity index (χ3n) is 2.77. The molecule has 0 aliphatic heterocycles. The van der Waals surface area contributed by atoms with E-state index < -0.39 is 5.54 Å². The van der Waals surface area contributed by atoms with E-state index in [-0.39, 0.29) is 5.97 Å².